The SMILES string of the molecule is Cc1c(C)c(C(C)C)c2c(c1C)c(=O)n(C)c(=O)n2C. The first-order valence-electron chi connectivity index (χ1n) is 6.89. The molecule has 20 heavy (non-hydrogen) atoms. The molecule has 108 valence electrons. The Labute approximate surface area is 118 Å². The van der Waals surface area contributed by atoms with Crippen molar-refractivity contribution < 1.29 is 0 Å². The van der Waals surface area contributed by atoms with Crippen LogP contribution in [0.5, 0.6) is 0 Å². The van der Waals surface area contributed by atoms with E-state index in [0.717, 1.165) is 22.2 Å². The maximum absolute atomic E-state index is 12.5. The zero-order valence-corrected chi connectivity index (χ0v) is 13.3. The fourth-order valence-electron chi connectivity index (χ4n) is 3.05. The standard InChI is InChI=1S/C16H22N2O2/c1-8(2)12-10(4)9(3)11(5)13-14(12)17(6)16(20)18(7)15(13)19/h8H,1-7H3. The minimum atomic E-state index is -0.271. The van der Waals surface area contributed by atoms with Crippen LogP contribution in [0.15, 0.2) is 9.59 Å². The summed E-state index contributed by atoms with van der Waals surface area (Å²) in [5.74, 6) is 0.259. The van der Waals surface area contributed by atoms with E-state index in [2.05, 4.69) is 20.8 Å². The molecule has 0 unspecified atom stereocenters. The summed E-state index contributed by atoms with van der Waals surface area (Å²) >= 11 is 0. The van der Waals surface area contributed by atoms with Crippen LogP contribution in [0.2, 0.25) is 0 Å². The molecule has 0 radical (unpaired) electrons. The molecule has 2 rings (SSSR count). The van der Waals surface area contributed by atoms with Crippen molar-refractivity contribution in [2.75, 3.05) is 0 Å². The number of nitrogens with zero attached hydrogens (tertiary/aromatic N) is 2. The van der Waals surface area contributed by atoms with Gasteiger partial charge < -0.3 is 0 Å². The van der Waals surface area contributed by atoms with E-state index in [4.69, 9.17) is 0 Å². The minimum absolute atomic E-state index is 0.203. The van der Waals surface area contributed by atoms with Gasteiger partial charge in [0.15, 0.2) is 0 Å². The van der Waals surface area contributed by atoms with E-state index in [1.165, 1.54) is 17.2 Å². The molecule has 0 amide bonds. The Hall–Kier alpha value is -1.84. The van der Waals surface area contributed by atoms with E-state index >= 15 is 0 Å². The molecule has 0 spiro atoms. The zero-order chi connectivity index (χ0) is 15.4. The molecule has 1 aromatic carbocycles. The summed E-state index contributed by atoms with van der Waals surface area (Å²) < 4.78 is 2.79. The molecule has 0 fully saturated rings. The fraction of sp³-hybridized carbons (Fsp3) is 0.500. The van der Waals surface area contributed by atoms with Crippen LogP contribution in [0, 0.1) is 20.8 Å². The van der Waals surface area contributed by atoms with Crippen LogP contribution in [-0.2, 0) is 14.1 Å². The molecule has 1 heterocycles. The summed E-state index contributed by atoms with van der Waals surface area (Å²) in [6, 6.07) is 0. The second-order valence-corrected chi connectivity index (χ2v) is 5.87. The average molecular weight is 274 g/mol. The monoisotopic (exact) mass is 274 g/mol. The van der Waals surface area contributed by atoms with Gasteiger partial charge >= 0.3 is 5.69 Å². The van der Waals surface area contributed by atoms with Gasteiger partial charge in [0.25, 0.3) is 5.56 Å². The van der Waals surface area contributed by atoms with Crippen molar-refractivity contribution in [2.45, 2.75) is 40.5 Å². The maximum Gasteiger partial charge on any atom is 0.330 e. The Morgan fingerprint density at radius 1 is 0.850 bits per heavy atom. The highest BCUT2D eigenvalue weighted by Gasteiger charge is 2.20. The van der Waals surface area contributed by atoms with Gasteiger partial charge in [-0.25, -0.2) is 4.79 Å². The van der Waals surface area contributed by atoms with Gasteiger partial charge in [0.2, 0.25) is 0 Å². The molecule has 0 aliphatic heterocycles. The number of fused-ring (bicyclic) bond motifs is 1. The summed E-state index contributed by atoms with van der Waals surface area (Å²) in [5.41, 5.74) is 4.69. The smallest absolute Gasteiger partial charge is 0.296 e. The quantitative estimate of drug-likeness (QED) is 0.801. The fourth-order valence-corrected chi connectivity index (χ4v) is 3.05. The number of aryl methyl sites for hydroxylation is 2. The predicted molar refractivity (Wildman–Crippen MR) is 82.7 cm³/mol. The Kier molecular flexibility index (Phi) is 3.36. The lowest BCUT2D eigenvalue weighted by molar-refractivity contribution is 0.705. The first-order chi connectivity index (χ1) is 9.20. The van der Waals surface area contributed by atoms with E-state index in [0.29, 0.717) is 5.39 Å². The molecular formula is C16H22N2O2. The molecule has 4 heteroatoms. The average Bonchev–Trinajstić information content (AvgIpc) is 2.39. The van der Waals surface area contributed by atoms with Crippen LogP contribution in [0.3, 0.4) is 0 Å². The van der Waals surface area contributed by atoms with E-state index in [9.17, 15) is 9.59 Å². The predicted octanol–water partition coefficient (Wildman–Crippen LogP) is 2.29. The number of hydrogen-bond acceptors (Lipinski definition) is 2. The van der Waals surface area contributed by atoms with Crippen molar-refractivity contribution in [3.63, 3.8) is 0 Å². The van der Waals surface area contributed by atoms with Crippen LogP contribution in [0.25, 0.3) is 10.9 Å². The summed E-state index contributed by atoms with van der Waals surface area (Å²) in [7, 11) is 3.28. The van der Waals surface area contributed by atoms with Gasteiger partial charge in [0, 0.05) is 14.1 Å². The molecule has 4 nitrogen and oxygen atoms in total. The molecule has 1 aromatic heterocycles. The van der Waals surface area contributed by atoms with E-state index < -0.39 is 0 Å². The first-order valence-corrected chi connectivity index (χ1v) is 6.89. The molecule has 2 aromatic rings. The molecule has 0 atom stereocenters. The van der Waals surface area contributed by atoms with Crippen molar-refractivity contribution in [3.8, 4) is 0 Å². The summed E-state index contributed by atoms with van der Waals surface area (Å²) in [6.07, 6.45) is 0. The number of rotatable bonds is 1. The Balaban J connectivity index is 3.32. The van der Waals surface area contributed by atoms with Crippen molar-refractivity contribution in [3.05, 3.63) is 43.1 Å². The van der Waals surface area contributed by atoms with E-state index in [1.54, 1.807) is 11.6 Å². The second-order valence-electron chi connectivity index (χ2n) is 5.87. The number of hydrogen-bond donors (Lipinski definition) is 0. The molecule has 0 saturated carbocycles. The normalized spacial score (nSPS) is 11.6. The van der Waals surface area contributed by atoms with Gasteiger partial charge in [0.1, 0.15) is 0 Å². The van der Waals surface area contributed by atoms with Gasteiger partial charge in [-0.2, -0.15) is 0 Å². The van der Waals surface area contributed by atoms with Crippen molar-refractivity contribution in [2.24, 2.45) is 14.1 Å². The number of aromatic nitrogens is 2. The molecular weight excluding hydrogens is 252 g/mol. The highest BCUT2D eigenvalue weighted by atomic mass is 16.2. The third-order valence-corrected chi connectivity index (χ3v) is 4.40. The third-order valence-electron chi connectivity index (χ3n) is 4.40. The molecule has 0 aliphatic rings. The molecule has 0 saturated heterocycles. The highest BCUT2D eigenvalue weighted by molar-refractivity contribution is 5.87. The van der Waals surface area contributed by atoms with Gasteiger partial charge in [-0.15, -0.1) is 0 Å². The lowest BCUT2D eigenvalue weighted by atomic mass is 9.88. The second kappa shape index (κ2) is 4.62. The van der Waals surface area contributed by atoms with E-state index in [1.807, 2.05) is 13.8 Å². The summed E-state index contributed by atoms with van der Waals surface area (Å²) in [5, 5.41) is 0.668. The van der Waals surface area contributed by atoms with Gasteiger partial charge in [-0.1, -0.05) is 13.8 Å². The van der Waals surface area contributed by atoms with Crippen molar-refractivity contribution >= 4 is 10.9 Å². The lowest BCUT2D eigenvalue weighted by Gasteiger charge is -2.21. The van der Waals surface area contributed by atoms with Gasteiger partial charge in [-0.05, 0) is 48.9 Å². The number of benzene rings is 1. The Morgan fingerprint density at radius 3 is 1.90 bits per heavy atom. The van der Waals surface area contributed by atoms with Gasteiger partial charge in [0.05, 0.1) is 10.9 Å². The molecule has 0 N–H and O–H groups in total. The largest absolute Gasteiger partial charge is 0.330 e. The minimum Gasteiger partial charge on any atom is -0.296 e. The van der Waals surface area contributed by atoms with Crippen molar-refractivity contribution in [1.29, 1.82) is 0 Å². The maximum atomic E-state index is 12.5. The zero-order valence-electron chi connectivity index (χ0n) is 13.3. The summed E-state index contributed by atoms with van der Waals surface area (Å²) in [6.45, 7) is 10.3. The van der Waals surface area contributed by atoms with E-state index in [-0.39, 0.29) is 17.2 Å². The third kappa shape index (κ3) is 1.74. The molecule has 0 bridgehead atoms. The lowest BCUT2D eigenvalue weighted by Crippen LogP contribution is -2.38. The van der Waals surface area contributed by atoms with Gasteiger partial charge in [-0.3, -0.25) is 13.9 Å². The van der Waals surface area contributed by atoms with Crippen LogP contribution >= 0.6 is 0 Å². The van der Waals surface area contributed by atoms with Crippen molar-refractivity contribution in [1.82, 2.24) is 9.13 Å². The topological polar surface area (TPSA) is 44.0 Å². The highest BCUT2D eigenvalue weighted by Crippen LogP contribution is 2.31. The van der Waals surface area contributed by atoms with Crippen LogP contribution in [-0.4, -0.2) is 9.13 Å². The summed E-state index contributed by atoms with van der Waals surface area (Å²) in [4.78, 5) is 24.7. The Morgan fingerprint density at radius 2 is 1.40 bits per heavy atom. The van der Waals surface area contributed by atoms with Crippen LogP contribution in [0.4, 0.5) is 0 Å². The van der Waals surface area contributed by atoms with Crippen LogP contribution in [0.1, 0.15) is 42.0 Å². The Bertz CT molecular complexity index is 823. The first kappa shape index (κ1) is 14.6. The van der Waals surface area contributed by atoms with Crippen LogP contribution < -0.4 is 11.2 Å². The molecule has 0 aliphatic carbocycles.